The van der Waals surface area contributed by atoms with Crippen LogP contribution in [-0.4, -0.2) is 20.1 Å². The Bertz CT molecular complexity index is 752. The zero-order chi connectivity index (χ0) is 14.1. The van der Waals surface area contributed by atoms with Crippen LogP contribution >= 0.6 is 11.3 Å². The maximum Gasteiger partial charge on any atom is 0.181 e. The SMILES string of the molecule is Cc1nccc(-c2sc(N)nc2-c2ccc(O)cc2)n1. The molecule has 0 atom stereocenters. The molecule has 0 unspecified atom stereocenters. The van der Waals surface area contributed by atoms with Gasteiger partial charge in [-0.2, -0.15) is 0 Å². The van der Waals surface area contributed by atoms with E-state index in [-0.39, 0.29) is 5.75 Å². The molecule has 100 valence electrons. The Kier molecular flexibility index (Phi) is 3.08. The Morgan fingerprint density at radius 2 is 1.85 bits per heavy atom. The summed E-state index contributed by atoms with van der Waals surface area (Å²) in [6.45, 7) is 1.84. The van der Waals surface area contributed by atoms with Gasteiger partial charge >= 0.3 is 0 Å². The second-order valence-electron chi connectivity index (χ2n) is 4.27. The number of aryl methyl sites for hydroxylation is 1. The van der Waals surface area contributed by atoms with Crippen LogP contribution in [-0.2, 0) is 0 Å². The first-order valence-corrected chi connectivity index (χ1v) is 6.81. The highest BCUT2D eigenvalue weighted by Crippen LogP contribution is 2.37. The van der Waals surface area contributed by atoms with E-state index in [1.165, 1.54) is 11.3 Å². The third-order valence-electron chi connectivity index (χ3n) is 2.79. The van der Waals surface area contributed by atoms with Crippen LogP contribution in [0, 0.1) is 6.92 Å². The van der Waals surface area contributed by atoms with Crippen LogP contribution in [0.4, 0.5) is 5.13 Å². The molecule has 0 saturated carbocycles. The molecule has 2 aromatic heterocycles. The summed E-state index contributed by atoms with van der Waals surface area (Å²) in [4.78, 5) is 13.8. The van der Waals surface area contributed by atoms with Gasteiger partial charge in [-0.05, 0) is 37.3 Å². The van der Waals surface area contributed by atoms with Gasteiger partial charge in [-0.15, -0.1) is 0 Å². The normalized spacial score (nSPS) is 10.7. The van der Waals surface area contributed by atoms with E-state index in [9.17, 15) is 5.11 Å². The molecule has 1 aromatic carbocycles. The molecule has 0 fully saturated rings. The van der Waals surface area contributed by atoms with Gasteiger partial charge in [-0.3, -0.25) is 0 Å². The lowest BCUT2D eigenvalue weighted by Crippen LogP contribution is -1.90. The molecule has 0 aliphatic heterocycles. The number of anilines is 1. The molecule has 2 heterocycles. The van der Waals surface area contributed by atoms with Gasteiger partial charge in [0.1, 0.15) is 11.6 Å². The van der Waals surface area contributed by atoms with E-state index >= 15 is 0 Å². The molecule has 0 radical (unpaired) electrons. The summed E-state index contributed by atoms with van der Waals surface area (Å²) >= 11 is 1.39. The molecule has 3 aromatic rings. The van der Waals surface area contributed by atoms with Crippen molar-refractivity contribution in [2.24, 2.45) is 0 Å². The Hall–Kier alpha value is -2.47. The van der Waals surface area contributed by atoms with Crippen molar-refractivity contribution in [3.8, 4) is 27.6 Å². The molecular weight excluding hydrogens is 272 g/mol. The van der Waals surface area contributed by atoms with Crippen LogP contribution in [0.3, 0.4) is 0 Å². The number of phenols is 1. The van der Waals surface area contributed by atoms with Gasteiger partial charge in [0.2, 0.25) is 0 Å². The van der Waals surface area contributed by atoms with Gasteiger partial charge in [0.05, 0.1) is 16.3 Å². The Labute approximate surface area is 119 Å². The summed E-state index contributed by atoms with van der Waals surface area (Å²) in [5, 5.41) is 9.85. The fourth-order valence-corrected chi connectivity index (χ4v) is 2.73. The van der Waals surface area contributed by atoms with Crippen molar-refractivity contribution in [1.82, 2.24) is 15.0 Å². The van der Waals surface area contributed by atoms with Crippen LogP contribution in [0.2, 0.25) is 0 Å². The number of nitrogen functional groups attached to an aromatic ring is 1. The van der Waals surface area contributed by atoms with Gasteiger partial charge < -0.3 is 10.8 Å². The molecule has 3 rings (SSSR count). The van der Waals surface area contributed by atoms with E-state index < -0.39 is 0 Å². The van der Waals surface area contributed by atoms with Crippen LogP contribution in [0.15, 0.2) is 36.5 Å². The quantitative estimate of drug-likeness (QED) is 0.755. The lowest BCUT2D eigenvalue weighted by Gasteiger charge is -2.03. The summed E-state index contributed by atoms with van der Waals surface area (Å²) in [6, 6.07) is 8.70. The monoisotopic (exact) mass is 284 g/mol. The van der Waals surface area contributed by atoms with Crippen molar-refractivity contribution in [3.05, 3.63) is 42.4 Å². The maximum absolute atomic E-state index is 9.37. The first kappa shape index (κ1) is 12.6. The fraction of sp³-hybridized carbons (Fsp3) is 0.0714. The lowest BCUT2D eigenvalue weighted by molar-refractivity contribution is 0.475. The Morgan fingerprint density at radius 1 is 1.10 bits per heavy atom. The molecule has 0 aliphatic rings. The number of benzene rings is 1. The summed E-state index contributed by atoms with van der Waals surface area (Å²) in [7, 11) is 0. The number of hydrogen-bond donors (Lipinski definition) is 2. The molecular formula is C14H12N4OS. The molecule has 0 amide bonds. The minimum atomic E-state index is 0.219. The number of rotatable bonds is 2. The molecule has 0 aliphatic carbocycles. The maximum atomic E-state index is 9.37. The summed E-state index contributed by atoms with van der Waals surface area (Å²) in [6.07, 6.45) is 1.72. The number of thiazole rings is 1. The number of nitrogens with two attached hydrogens (primary N) is 1. The second kappa shape index (κ2) is 4.90. The number of aromatic hydroxyl groups is 1. The predicted molar refractivity (Wildman–Crippen MR) is 79.4 cm³/mol. The van der Waals surface area contributed by atoms with Crippen molar-refractivity contribution < 1.29 is 5.11 Å². The van der Waals surface area contributed by atoms with Crippen LogP contribution in [0.1, 0.15) is 5.82 Å². The zero-order valence-electron chi connectivity index (χ0n) is 10.7. The summed E-state index contributed by atoms with van der Waals surface area (Å²) in [5.41, 5.74) is 8.30. The van der Waals surface area contributed by atoms with E-state index in [1.54, 1.807) is 30.5 Å². The lowest BCUT2D eigenvalue weighted by atomic mass is 10.1. The molecule has 6 heteroatoms. The minimum Gasteiger partial charge on any atom is -0.508 e. The first-order valence-electron chi connectivity index (χ1n) is 5.99. The molecule has 20 heavy (non-hydrogen) atoms. The van der Waals surface area contributed by atoms with Crippen LogP contribution in [0.25, 0.3) is 21.8 Å². The van der Waals surface area contributed by atoms with Crippen molar-refractivity contribution in [3.63, 3.8) is 0 Å². The smallest absolute Gasteiger partial charge is 0.181 e. The van der Waals surface area contributed by atoms with Crippen molar-refractivity contribution >= 4 is 16.5 Å². The second-order valence-corrected chi connectivity index (χ2v) is 5.30. The van der Waals surface area contributed by atoms with Crippen LogP contribution < -0.4 is 5.73 Å². The molecule has 5 nitrogen and oxygen atoms in total. The number of nitrogens with zero attached hydrogens (tertiary/aromatic N) is 3. The average Bonchev–Trinajstić information content (AvgIpc) is 2.82. The van der Waals surface area contributed by atoms with E-state index in [0.717, 1.165) is 21.8 Å². The van der Waals surface area contributed by atoms with Gasteiger partial charge in [0, 0.05) is 11.8 Å². The van der Waals surface area contributed by atoms with E-state index in [0.29, 0.717) is 11.0 Å². The highest BCUT2D eigenvalue weighted by atomic mass is 32.1. The van der Waals surface area contributed by atoms with Gasteiger partial charge in [0.25, 0.3) is 0 Å². The van der Waals surface area contributed by atoms with Crippen LogP contribution in [0.5, 0.6) is 5.75 Å². The standard InChI is InChI=1S/C14H12N4OS/c1-8-16-7-6-11(17-8)13-12(18-14(15)20-13)9-2-4-10(19)5-3-9/h2-7,19H,1H3,(H2,15,18). The molecule has 0 saturated heterocycles. The molecule has 0 bridgehead atoms. The van der Waals surface area contributed by atoms with Gasteiger partial charge in [-0.1, -0.05) is 11.3 Å². The molecule has 0 spiro atoms. The highest BCUT2D eigenvalue weighted by Gasteiger charge is 2.15. The van der Waals surface area contributed by atoms with E-state index in [1.807, 2.05) is 13.0 Å². The number of hydrogen-bond acceptors (Lipinski definition) is 6. The summed E-state index contributed by atoms with van der Waals surface area (Å²) in [5.74, 6) is 0.919. The third kappa shape index (κ3) is 2.33. The number of phenolic OH excluding ortho intramolecular Hbond substituents is 1. The highest BCUT2D eigenvalue weighted by molar-refractivity contribution is 7.19. The zero-order valence-corrected chi connectivity index (χ0v) is 11.6. The minimum absolute atomic E-state index is 0.219. The average molecular weight is 284 g/mol. The number of aromatic nitrogens is 3. The molecule has 3 N–H and O–H groups in total. The van der Waals surface area contributed by atoms with E-state index in [4.69, 9.17) is 5.73 Å². The van der Waals surface area contributed by atoms with Crippen molar-refractivity contribution in [2.45, 2.75) is 6.92 Å². The predicted octanol–water partition coefficient (Wildman–Crippen LogP) is 2.86. The fourth-order valence-electron chi connectivity index (χ4n) is 1.91. The van der Waals surface area contributed by atoms with Crippen molar-refractivity contribution in [1.29, 1.82) is 0 Å². The Balaban J connectivity index is 2.15. The van der Waals surface area contributed by atoms with E-state index in [2.05, 4.69) is 15.0 Å². The van der Waals surface area contributed by atoms with Crippen molar-refractivity contribution in [2.75, 3.05) is 5.73 Å². The summed E-state index contributed by atoms with van der Waals surface area (Å²) < 4.78 is 0. The Morgan fingerprint density at radius 3 is 2.55 bits per heavy atom. The van der Waals surface area contributed by atoms with Gasteiger partial charge in [0.15, 0.2) is 5.13 Å². The third-order valence-corrected chi connectivity index (χ3v) is 3.70. The largest absolute Gasteiger partial charge is 0.508 e. The first-order chi connectivity index (χ1) is 9.63. The topological polar surface area (TPSA) is 84.9 Å². The van der Waals surface area contributed by atoms with Gasteiger partial charge in [-0.25, -0.2) is 15.0 Å².